The topological polar surface area (TPSA) is 91.3 Å². The largest absolute Gasteiger partial charge is 0.378 e. The van der Waals surface area contributed by atoms with Crippen molar-refractivity contribution in [3.63, 3.8) is 0 Å². The zero-order chi connectivity index (χ0) is 23.5. The molecule has 168 valence electrons. The summed E-state index contributed by atoms with van der Waals surface area (Å²) in [7, 11) is 3.97. The monoisotopic (exact) mass is 462 g/mol. The van der Waals surface area contributed by atoms with Gasteiger partial charge in [-0.1, -0.05) is 41.9 Å². The van der Waals surface area contributed by atoms with Crippen molar-refractivity contribution in [1.29, 1.82) is 0 Å². The zero-order valence-electron chi connectivity index (χ0n) is 18.2. The first-order valence-corrected chi connectivity index (χ1v) is 10.8. The van der Waals surface area contributed by atoms with Crippen molar-refractivity contribution in [2.75, 3.05) is 25.5 Å². The lowest BCUT2D eigenvalue weighted by Gasteiger charge is -2.20. The number of para-hydroxylation sites is 1. The Balaban J connectivity index is 1.65. The van der Waals surface area contributed by atoms with Gasteiger partial charge in [0, 0.05) is 61.0 Å². The number of halogens is 1. The Labute approximate surface area is 196 Å². The number of anilines is 1. The molecule has 3 aromatic carbocycles. The van der Waals surface area contributed by atoms with Gasteiger partial charge in [-0.15, -0.1) is 0 Å². The first-order chi connectivity index (χ1) is 15.8. The van der Waals surface area contributed by atoms with E-state index < -0.39 is 10.8 Å². The van der Waals surface area contributed by atoms with Crippen LogP contribution >= 0.6 is 11.6 Å². The number of aromatic amines is 1. The van der Waals surface area contributed by atoms with E-state index in [1.165, 1.54) is 18.2 Å². The van der Waals surface area contributed by atoms with Gasteiger partial charge >= 0.3 is 0 Å². The maximum atomic E-state index is 12.9. The van der Waals surface area contributed by atoms with Crippen LogP contribution in [0.25, 0.3) is 10.9 Å². The lowest BCUT2D eigenvalue weighted by molar-refractivity contribution is -0.384. The summed E-state index contributed by atoms with van der Waals surface area (Å²) in [6.45, 7) is 0.318. The average molecular weight is 463 g/mol. The number of nitrogens with zero attached hydrogens (tertiary/aromatic N) is 2. The molecule has 1 atom stereocenters. The maximum absolute atomic E-state index is 12.9. The molecule has 0 radical (unpaired) electrons. The molecular formula is C25H23ClN4O3. The molecule has 0 aliphatic heterocycles. The standard InChI is InChI=1S/C25H23ClN4O3/c1-29(2)18-10-7-16(8-11-18)20(21-15-27-23-6-4-3-5-19(21)23)14-28-25(31)17-9-12-22(26)24(13-17)30(32)33/h3-13,15,20,27H,14H2,1-2H3,(H,28,31). The van der Waals surface area contributed by atoms with E-state index in [9.17, 15) is 14.9 Å². The first-order valence-electron chi connectivity index (χ1n) is 10.4. The fraction of sp³-hybridized carbons (Fsp3) is 0.160. The summed E-state index contributed by atoms with van der Waals surface area (Å²) in [5.41, 5.74) is 4.10. The highest BCUT2D eigenvalue weighted by Crippen LogP contribution is 2.32. The Morgan fingerprint density at radius 3 is 2.55 bits per heavy atom. The molecule has 1 amide bonds. The predicted octanol–water partition coefficient (Wildman–Crippen LogP) is 5.36. The van der Waals surface area contributed by atoms with Crippen molar-refractivity contribution in [2.45, 2.75) is 5.92 Å². The second kappa shape index (κ2) is 9.34. The number of nitro benzene ring substituents is 1. The summed E-state index contributed by atoms with van der Waals surface area (Å²) < 4.78 is 0. The number of carbonyl (C=O) groups excluding carboxylic acids is 1. The predicted molar refractivity (Wildman–Crippen MR) is 131 cm³/mol. The van der Waals surface area contributed by atoms with Crippen LogP contribution in [0.4, 0.5) is 11.4 Å². The molecule has 0 bridgehead atoms. The van der Waals surface area contributed by atoms with E-state index in [1.807, 2.05) is 61.6 Å². The first kappa shape index (κ1) is 22.4. The van der Waals surface area contributed by atoms with E-state index in [0.717, 1.165) is 27.7 Å². The second-order valence-corrected chi connectivity index (χ2v) is 8.37. The molecule has 1 heterocycles. The summed E-state index contributed by atoms with van der Waals surface area (Å²) in [6, 6.07) is 20.3. The highest BCUT2D eigenvalue weighted by atomic mass is 35.5. The second-order valence-electron chi connectivity index (χ2n) is 7.96. The number of hydrogen-bond acceptors (Lipinski definition) is 4. The molecule has 0 aliphatic carbocycles. The zero-order valence-corrected chi connectivity index (χ0v) is 19.0. The maximum Gasteiger partial charge on any atom is 0.288 e. The van der Waals surface area contributed by atoms with Gasteiger partial charge in [-0.05, 0) is 41.5 Å². The normalized spacial score (nSPS) is 11.8. The Bertz CT molecular complexity index is 1310. The Kier molecular flexibility index (Phi) is 6.33. The average Bonchev–Trinajstić information content (AvgIpc) is 3.23. The molecule has 7 nitrogen and oxygen atoms in total. The quantitative estimate of drug-likeness (QED) is 0.286. The Morgan fingerprint density at radius 1 is 1.12 bits per heavy atom. The van der Waals surface area contributed by atoms with Crippen LogP contribution in [-0.2, 0) is 0 Å². The molecule has 4 aromatic rings. The molecule has 8 heteroatoms. The van der Waals surface area contributed by atoms with E-state index in [-0.39, 0.29) is 22.2 Å². The number of benzene rings is 3. The third-order valence-corrected chi connectivity index (χ3v) is 6.00. The van der Waals surface area contributed by atoms with Crippen LogP contribution in [0.3, 0.4) is 0 Å². The molecule has 1 unspecified atom stereocenters. The molecule has 2 N–H and O–H groups in total. The van der Waals surface area contributed by atoms with Crippen LogP contribution in [0.2, 0.25) is 5.02 Å². The summed E-state index contributed by atoms with van der Waals surface area (Å²) in [4.78, 5) is 28.8. The van der Waals surface area contributed by atoms with Gasteiger partial charge in [0.25, 0.3) is 11.6 Å². The van der Waals surface area contributed by atoms with Gasteiger partial charge in [0.2, 0.25) is 0 Å². The van der Waals surface area contributed by atoms with Crippen molar-refractivity contribution in [1.82, 2.24) is 10.3 Å². The highest BCUT2D eigenvalue weighted by Gasteiger charge is 2.21. The van der Waals surface area contributed by atoms with Crippen molar-refractivity contribution >= 4 is 39.8 Å². The highest BCUT2D eigenvalue weighted by molar-refractivity contribution is 6.32. The fourth-order valence-corrected chi connectivity index (χ4v) is 4.07. The smallest absolute Gasteiger partial charge is 0.288 e. The molecule has 0 aliphatic rings. The number of amides is 1. The van der Waals surface area contributed by atoms with Crippen LogP contribution in [0.1, 0.15) is 27.4 Å². The number of aromatic nitrogens is 1. The van der Waals surface area contributed by atoms with E-state index >= 15 is 0 Å². The van der Waals surface area contributed by atoms with E-state index in [1.54, 1.807) is 0 Å². The van der Waals surface area contributed by atoms with Crippen molar-refractivity contribution in [3.8, 4) is 0 Å². The molecule has 4 rings (SSSR count). The number of nitro groups is 1. The minimum absolute atomic E-state index is 0.00537. The molecular weight excluding hydrogens is 440 g/mol. The van der Waals surface area contributed by atoms with Crippen LogP contribution in [0, 0.1) is 10.1 Å². The third-order valence-electron chi connectivity index (χ3n) is 5.68. The van der Waals surface area contributed by atoms with Crippen molar-refractivity contribution < 1.29 is 9.72 Å². The van der Waals surface area contributed by atoms with Gasteiger partial charge in [-0.2, -0.15) is 0 Å². The van der Waals surface area contributed by atoms with Crippen molar-refractivity contribution in [3.05, 3.63) is 105 Å². The fourth-order valence-electron chi connectivity index (χ4n) is 3.89. The Hall–Kier alpha value is -3.84. The van der Waals surface area contributed by atoms with Crippen LogP contribution in [0.5, 0.6) is 0 Å². The number of rotatable bonds is 7. The molecule has 0 fully saturated rings. The number of fused-ring (bicyclic) bond motifs is 1. The van der Waals surface area contributed by atoms with Gasteiger partial charge in [0.05, 0.1) is 4.92 Å². The van der Waals surface area contributed by atoms with Gasteiger partial charge < -0.3 is 15.2 Å². The van der Waals surface area contributed by atoms with Gasteiger partial charge in [0.1, 0.15) is 5.02 Å². The van der Waals surface area contributed by atoms with Gasteiger partial charge in [-0.25, -0.2) is 0 Å². The molecule has 0 saturated carbocycles. The summed E-state index contributed by atoms with van der Waals surface area (Å²) in [5.74, 6) is -0.520. The van der Waals surface area contributed by atoms with Gasteiger partial charge in [0.15, 0.2) is 0 Å². The molecule has 1 aromatic heterocycles. The number of nitrogens with one attached hydrogen (secondary N) is 2. The molecule has 0 saturated heterocycles. The van der Waals surface area contributed by atoms with Crippen LogP contribution in [0.15, 0.2) is 72.9 Å². The minimum atomic E-state index is -0.597. The number of hydrogen-bond donors (Lipinski definition) is 2. The lowest BCUT2D eigenvalue weighted by atomic mass is 9.90. The lowest BCUT2D eigenvalue weighted by Crippen LogP contribution is -2.29. The Morgan fingerprint density at radius 2 is 1.85 bits per heavy atom. The van der Waals surface area contributed by atoms with Gasteiger partial charge in [-0.3, -0.25) is 14.9 Å². The summed E-state index contributed by atoms with van der Waals surface area (Å²) >= 11 is 5.88. The van der Waals surface area contributed by atoms with E-state index in [4.69, 9.17) is 11.6 Å². The molecule has 33 heavy (non-hydrogen) atoms. The minimum Gasteiger partial charge on any atom is -0.378 e. The van der Waals surface area contributed by atoms with Crippen LogP contribution in [-0.4, -0.2) is 36.5 Å². The summed E-state index contributed by atoms with van der Waals surface area (Å²) in [5, 5.41) is 15.2. The molecule has 0 spiro atoms. The number of carbonyl (C=O) groups is 1. The van der Waals surface area contributed by atoms with Crippen LogP contribution < -0.4 is 10.2 Å². The third kappa shape index (κ3) is 4.68. The SMILES string of the molecule is CN(C)c1ccc(C(CNC(=O)c2ccc(Cl)c([N+](=O)[O-])c2)c2c[nH]c3ccccc23)cc1. The van der Waals surface area contributed by atoms with Crippen molar-refractivity contribution in [2.24, 2.45) is 0 Å². The summed E-state index contributed by atoms with van der Waals surface area (Å²) in [6.07, 6.45) is 1.97. The van der Waals surface area contributed by atoms with E-state index in [0.29, 0.717) is 6.54 Å². The number of H-pyrrole nitrogens is 1. The van der Waals surface area contributed by atoms with E-state index in [2.05, 4.69) is 22.4 Å².